The van der Waals surface area contributed by atoms with E-state index in [0.29, 0.717) is 16.2 Å². The molecule has 0 rings (SSSR count). The second-order valence-electron chi connectivity index (χ2n) is 7.50. The van der Waals surface area contributed by atoms with E-state index >= 15 is 0 Å². The Morgan fingerprint density at radius 3 is 1.36 bits per heavy atom. The second-order valence-corrected chi connectivity index (χ2v) is 7.50. The molecule has 0 bridgehead atoms. The zero-order valence-corrected chi connectivity index (χ0v) is 11.8. The van der Waals surface area contributed by atoms with Crippen LogP contribution in [0.15, 0.2) is 0 Å². The molecule has 0 aliphatic heterocycles. The highest BCUT2D eigenvalue weighted by Gasteiger charge is 2.41. The van der Waals surface area contributed by atoms with E-state index in [1.165, 1.54) is 6.42 Å². The first kappa shape index (κ1) is 14.0. The highest BCUT2D eigenvalue weighted by molar-refractivity contribution is 4.90. The first-order chi connectivity index (χ1) is 5.90. The van der Waals surface area contributed by atoms with Gasteiger partial charge < -0.3 is 0 Å². The van der Waals surface area contributed by atoms with E-state index < -0.39 is 0 Å². The SMILES string of the molecule is CC(C)C(C)(C)C(C)(C)CC(C)(C)C. The van der Waals surface area contributed by atoms with Crippen LogP contribution < -0.4 is 0 Å². The van der Waals surface area contributed by atoms with E-state index in [1.807, 2.05) is 0 Å². The first-order valence-electron chi connectivity index (χ1n) is 5.90. The van der Waals surface area contributed by atoms with Crippen LogP contribution in [0.2, 0.25) is 0 Å². The summed E-state index contributed by atoms with van der Waals surface area (Å²) in [6, 6.07) is 0. The lowest BCUT2D eigenvalue weighted by Crippen LogP contribution is -2.39. The summed E-state index contributed by atoms with van der Waals surface area (Å²) in [5, 5.41) is 0. The smallest absolute Gasteiger partial charge is 0.0280 e. The molecule has 0 amide bonds. The van der Waals surface area contributed by atoms with Crippen molar-refractivity contribution < 1.29 is 0 Å². The quantitative estimate of drug-likeness (QED) is 0.589. The summed E-state index contributed by atoms with van der Waals surface area (Å²) >= 11 is 0. The average Bonchev–Trinajstić information content (AvgIpc) is 1.80. The van der Waals surface area contributed by atoms with Crippen molar-refractivity contribution in [1.82, 2.24) is 0 Å². The second kappa shape index (κ2) is 3.87. The van der Waals surface area contributed by atoms with Gasteiger partial charge in [-0.1, -0.05) is 62.3 Å². The Bertz CT molecular complexity index is 177. The fourth-order valence-corrected chi connectivity index (χ4v) is 2.34. The molecule has 14 heavy (non-hydrogen) atoms. The molecule has 0 aromatic heterocycles. The Kier molecular flexibility index (Phi) is 3.87. The van der Waals surface area contributed by atoms with Crippen molar-refractivity contribution in [3.63, 3.8) is 0 Å². The number of hydrogen-bond donors (Lipinski definition) is 0. The maximum Gasteiger partial charge on any atom is -0.0280 e. The van der Waals surface area contributed by atoms with Gasteiger partial charge in [-0.3, -0.25) is 0 Å². The van der Waals surface area contributed by atoms with Gasteiger partial charge in [0.2, 0.25) is 0 Å². The van der Waals surface area contributed by atoms with Crippen molar-refractivity contribution in [1.29, 1.82) is 0 Å². The molecular formula is C14H30. The molecule has 0 aliphatic rings. The summed E-state index contributed by atoms with van der Waals surface area (Å²) < 4.78 is 0. The lowest BCUT2D eigenvalue weighted by atomic mass is 9.57. The molecule has 0 saturated heterocycles. The maximum absolute atomic E-state index is 2.41. The molecule has 86 valence electrons. The Morgan fingerprint density at radius 1 is 0.786 bits per heavy atom. The molecule has 0 unspecified atom stereocenters. The topological polar surface area (TPSA) is 0 Å². The highest BCUT2D eigenvalue weighted by Crippen LogP contribution is 2.50. The van der Waals surface area contributed by atoms with Gasteiger partial charge in [0.25, 0.3) is 0 Å². The summed E-state index contributed by atoms with van der Waals surface area (Å²) in [6.45, 7) is 21.3. The maximum atomic E-state index is 2.41. The third kappa shape index (κ3) is 3.29. The largest absolute Gasteiger partial charge is 0.0622 e. The van der Waals surface area contributed by atoms with Crippen LogP contribution >= 0.6 is 0 Å². The molecule has 0 N–H and O–H groups in total. The molecular weight excluding hydrogens is 168 g/mol. The highest BCUT2D eigenvalue weighted by atomic mass is 14.5. The zero-order valence-electron chi connectivity index (χ0n) is 11.8. The average molecular weight is 198 g/mol. The molecule has 0 saturated carbocycles. The van der Waals surface area contributed by atoms with Crippen LogP contribution in [-0.2, 0) is 0 Å². The van der Waals surface area contributed by atoms with Gasteiger partial charge in [0.05, 0.1) is 0 Å². The van der Waals surface area contributed by atoms with Gasteiger partial charge in [-0.05, 0) is 28.6 Å². The summed E-state index contributed by atoms with van der Waals surface area (Å²) in [7, 11) is 0. The van der Waals surface area contributed by atoms with Gasteiger partial charge in [0.1, 0.15) is 0 Å². The summed E-state index contributed by atoms with van der Waals surface area (Å²) in [5.41, 5.74) is 1.23. The van der Waals surface area contributed by atoms with Crippen molar-refractivity contribution in [2.45, 2.75) is 68.7 Å². The Morgan fingerprint density at radius 2 is 1.14 bits per heavy atom. The van der Waals surface area contributed by atoms with Crippen LogP contribution in [0.4, 0.5) is 0 Å². The van der Waals surface area contributed by atoms with Crippen LogP contribution in [0.25, 0.3) is 0 Å². The standard InChI is InChI=1S/C14H30/c1-11(2)14(8,9)13(6,7)10-12(3,4)5/h11H,10H2,1-9H3. The van der Waals surface area contributed by atoms with Gasteiger partial charge in [0.15, 0.2) is 0 Å². The molecule has 0 heteroatoms. The summed E-state index contributed by atoms with van der Waals surface area (Å²) in [5.74, 6) is 0.736. The van der Waals surface area contributed by atoms with E-state index in [-0.39, 0.29) is 0 Å². The van der Waals surface area contributed by atoms with Crippen LogP contribution in [-0.4, -0.2) is 0 Å². The number of rotatable bonds is 3. The molecule has 0 spiro atoms. The van der Waals surface area contributed by atoms with E-state index in [9.17, 15) is 0 Å². The van der Waals surface area contributed by atoms with E-state index in [0.717, 1.165) is 5.92 Å². The zero-order chi connectivity index (χ0) is 11.8. The number of hydrogen-bond acceptors (Lipinski definition) is 0. The Labute approximate surface area is 91.5 Å². The monoisotopic (exact) mass is 198 g/mol. The van der Waals surface area contributed by atoms with Crippen molar-refractivity contribution in [3.05, 3.63) is 0 Å². The Hall–Kier alpha value is 0. The van der Waals surface area contributed by atoms with Gasteiger partial charge in [-0.2, -0.15) is 0 Å². The van der Waals surface area contributed by atoms with Crippen LogP contribution in [0.5, 0.6) is 0 Å². The molecule has 0 heterocycles. The summed E-state index contributed by atoms with van der Waals surface area (Å²) in [6.07, 6.45) is 1.28. The van der Waals surface area contributed by atoms with Gasteiger partial charge in [0, 0.05) is 0 Å². The fourth-order valence-electron chi connectivity index (χ4n) is 2.34. The normalized spacial score (nSPS) is 15.0. The van der Waals surface area contributed by atoms with Crippen molar-refractivity contribution >= 4 is 0 Å². The summed E-state index contributed by atoms with van der Waals surface area (Å²) in [4.78, 5) is 0. The van der Waals surface area contributed by atoms with Gasteiger partial charge in [-0.15, -0.1) is 0 Å². The third-order valence-corrected chi connectivity index (χ3v) is 4.16. The van der Waals surface area contributed by atoms with Crippen LogP contribution in [0, 0.1) is 22.2 Å². The van der Waals surface area contributed by atoms with E-state index in [1.54, 1.807) is 0 Å². The molecule has 0 aromatic carbocycles. The molecule has 0 aromatic rings. The van der Waals surface area contributed by atoms with E-state index in [2.05, 4.69) is 62.3 Å². The van der Waals surface area contributed by atoms with Gasteiger partial charge >= 0.3 is 0 Å². The molecule has 0 radical (unpaired) electrons. The molecule has 0 nitrogen and oxygen atoms in total. The molecule has 0 fully saturated rings. The lowest BCUT2D eigenvalue weighted by molar-refractivity contribution is 0.0184. The van der Waals surface area contributed by atoms with Crippen molar-refractivity contribution in [2.24, 2.45) is 22.2 Å². The fraction of sp³-hybridized carbons (Fsp3) is 1.00. The van der Waals surface area contributed by atoms with Crippen LogP contribution in [0.3, 0.4) is 0 Å². The van der Waals surface area contributed by atoms with Gasteiger partial charge in [-0.25, -0.2) is 0 Å². The third-order valence-electron chi connectivity index (χ3n) is 4.16. The lowest BCUT2D eigenvalue weighted by Gasteiger charge is -2.48. The predicted octanol–water partition coefficient (Wildman–Crippen LogP) is 5.13. The molecule has 0 aliphatic carbocycles. The first-order valence-corrected chi connectivity index (χ1v) is 5.90. The predicted molar refractivity (Wildman–Crippen MR) is 66.5 cm³/mol. The Balaban J connectivity index is 4.78. The minimum Gasteiger partial charge on any atom is -0.0622 e. The van der Waals surface area contributed by atoms with Crippen molar-refractivity contribution in [2.75, 3.05) is 0 Å². The minimum atomic E-state index is 0.402. The van der Waals surface area contributed by atoms with E-state index in [4.69, 9.17) is 0 Å². The molecule has 0 atom stereocenters. The minimum absolute atomic E-state index is 0.402. The van der Waals surface area contributed by atoms with Crippen molar-refractivity contribution in [3.8, 4) is 0 Å². The van der Waals surface area contributed by atoms with Crippen LogP contribution in [0.1, 0.15) is 68.7 Å².